The Hall–Kier alpha value is -1.14. The van der Waals surface area contributed by atoms with Crippen LogP contribution in [0.3, 0.4) is 0 Å². The van der Waals surface area contributed by atoms with E-state index in [0.717, 1.165) is 6.07 Å². The predicted molar refractivity (Wildman–Crippen MR) is 38.5 cm³/mol. The molecule has 0 spiro atoms. The number of aromatic nitrogens is 1. The molecule has 1 aromatic rings. The lowest BCUT2D eigenvalue weighted by atomic mass is 10.3. The van der Waals surface area contributed by atoms with Gasteiger partial charge < -0.3 is 0 Å². The molecule has 0 aliphatic carbocycles. The van der Waals surface area contributed by atoms with E-state index in [0.29, 0.717) is 5.69 Å². The smallest absolute Gasteiger partial charge is 0.214 e. The fourth-order valence-corrected chi connectivity index (χ4v) is 0.904. The highest BCUT2D eigenvalue weighted by Crippen LogP contribution is 2.10. The van der Waals surface area contributed by atoms with Crippen LogP contribution >= 0.6 is 11.6 Å². The van der Waals surface area contributed by atoms with Crippen LogP contribution in [0.25, 0.3) is 0 Å². The molecule has 0 atom stereocenters. The lowest BCUT2D eigenvalue weighted by Gasteiger charge is -1.94. The van der Waals surface area contributed by atoms with Crippen molar-refractivity contribution in [2.75, 3.05) is 0 Å². The van der Waals surface area contributed by atoms with Gasteiger partial charge in [-0.15, -0.1) is 0 Å². The summed E-state index contributed by atoms with van der Waals surface area (Å²) in [6.07, 6.45) is 0.0808. The molecule has 1 rings (SSSR count). The Morgan fingerprint density at radius 3 is 2.91 bits per heavy atom. The molecule has 0 aromatic carbocycles. The van der Waals surface area contributed by atoms with Gasteiger partial charge >= 0.3 is 0 Å². The van der Waals surface area contributed by atoms with Crippen LogP contribution in [0.5, 0.6) is 0 Å². The summed E-state index contributed by atoms with van der Waals surface area (Å²) in [4.78, 5) is 3.45. The molecular weight excluding hydrogens is 167 g/mol. The predicted octanol–water partition coefficient (Wildman–Crippen LogP) is 1.94. The van der Waals surface area contributed by atoms with E-state index in [-0.39, 0.29) is 11.4 Å². The van der Waals surface area contributed by atoms with E-state index in [1.165, 1.54) is 6.07 Å². The fourth-order valence-electron chi connectivity index (χ4n) is 0.688. The molecule has 0 N–H and O–H groups in total. The second-order valence-corrected chi connectivity index (χ2v) is 2.37. The molecule has 0 radical (unpaired) electrons. The molecule has 4 heteroatoms. The van der Waals surface area contributed by atoms with E-state index in [1.54, 1.807) is 0 Å². The number of hydrogen-bond donors (Lipinski definition) is 0. The topological polar surface area (TPSA) is 36.7 Å². The molecule has 11 heavy (non-hydrogen) atoms. The zero-order valence-corrected chi connectivity index (χ0v) is 6.27. The highest BCUT2D eigenvalue weighted by atomic mass is 35.5. The van der Waals surface area contributed by atoms with E-state index in [9.17, 15) is 4.39 Å². The monoisotopic (exact) mass is 170 g/mol. The van der Waals surface area contributed by atoms with Gasteiger partial charge in [0, 0.05) is 11.1 Å². The van der Waals surface area contributed by atoms with Gasteiger partial charge in [-0.2, -0.15) is 9.65 Å². The summed E-state index contributed by atoms with van der Waals surface area (Å²) in [6.45, 7) is 0. The van der Waals surface area contributed by atoms with Crippen LogP contribution in [-0.2, 0) is 6.42 Å². The first-order valence-corrected chi connectivity index (χ1v) is 3.29. The van der Waals surface area contributed by atoms with Crippen LogP contribution in [-0.4, -0.2) is 4.98 Å². The maximum Gasteiger partial charge on any atom is 0.214 e. The van der Waals surface area contributed by atoms with Crippen molar-refractivity contribution < 1.29 is 4.39 Å². The lowest BCUT2D eigenvalue weighted by molar-refractivity contribution is 0.579. The van der Waals surface area contributed by atoms with E-state index in [2.05, 4.69) is 4.98 Å². The van der Waals surface area contributed by atoms with Crippen LogP contribution in [0.4, 0.5) is 4.39 Å². The highest BCUT2D eigenvalue weighted by molar-refractivity contribution is 6.30. The SMILES string of the molecule is N#CCc1cc(Cl)cc(F)n1. The van der Waals surface area contributed by atoms with Crippen molar-refractivity contribution in [3.05, 3.63) is 28.8 Å². The average molecular weight is 171 g/mol. The van der Waals surface area contributed by atoms with E-state index in [4.69, 9.17) is 16.9 Å². The summed E-state index contributed by atoms with van der Waals surface area (Å²) < 4.78 is 12.4. The second-order valence-electron chi connectivity index (χ2n) is 1.93. The molecule has 0 bridgehead atoms. The summed E-state index contributed by atoms with van der Waals surface area (Å²) in [7, 11) is 0. The second kappa shape index (κ2) is 3.31. The van der Waals surface area contributed by atoms with Gasteiger partial charge in [-0.05, 0) is 6.07 Å². The van der Waals surface area contributed by atoms with E-state index >= 15 is 0 Å². The maximum atomic E-state index is 12.4. The number of nitrogens with zero attached hydrogens (tertiary/aromatic N) is 2. The van der Waals surface area contributed by atoms with Crippen molar-refractivity contribution in [2.45, 2.75) is 6.42 Å². The van der Waals surface area contributed by atoms with Crippen molar-refractivity contribution >= 4 is 11.6 Å². The van der Waals surface area contributed by atoms with Crippen molar-refractivity contribution in [3.63, 3.8) is 0 Å². The molecule has 0 unspecified atom stereocenters. The molecule has 1 heterocycles. The zero-order valence-electron chi connectivity index (χ0n) is 5.51. The third-order valence-corrected chi connectivity index (χ3v) is 1.29. The Morgan fingerprint density at radius 2 is 2.36 bits per heavy atom. The summed E-state index contributed by atoms with van der Waals surface area (Å²) >= 11 is 5.50. The number of halogens is 2. The maximum absolute atomic E-state index is 12.4. The largest absolute Gasteiger partial charge is 0.224 e. The minimum absolute atomic E-state index is 0.0808. The molecule has 0 fully saturated rings. The number of pyridine rings is 1. The van der Waals surface area contributed by atoms with Crippen LogP contribution < -0.4 is 0 Å². The van der Waals surface area contributed by atoms with Crippen LogP contribution in [0.1, 0.15) is 5.69 Å². The number of rotatable bonds is 1. The van der Waals surface area contributed by atoms with E-state index < -0.39 is 5.95 Å². The first-order chi connectivity index (χ1) is 5.22. The Balaban J connectivity index is 3.01. The molecule has 0 amide bonds. The van der Waals surface area contributed by atoms with Crippen molar-refractivity contribution in [2.24, 2.45) is 0 Å². The minimum Gasteiger partial charge on any atom is -0.224 e. The quantitative estimate of drug-likeness (QED) is 0.604. The lowest BCUT2D eigenvalue weighted by Crippen LogP contribution is -1.90. The van der Waals surface area contributed by atoms with Gasteiger partial charge in [0.2, 0.25) is 5.95 Å². The fraction of sp³-hybridized carbons (Fsp3) is 0.143. The van der Waals surface area contributed by atoms with Gasteiger partial charge in [0.1, 0.15) is 0 Å². The molecule has 2 nitrogen and oxygen atoms in total. The average Bonchev–Trinajstić information content (AvgIpc) is 1.85. The van der Waals surface area contributed by atoms with Crippen LogP contribution in [0.2, 0.25) is 5.02 Å². The number of hydrogen-bond acceptors (Lipinski definition) is 2. The third-order valence-electron chi connectivity index (χ3n) is 1.07. The van der Waals surface area contributed by atoms with Crippen molar-refractivity contribution in [1.29, 1.82) is 5.26 Å². The Labute approximate surface area is 68.2 Å². The van der Waals surface area contributed by atoms with Crippen LogP contribution in [0, 0.1) is 17.3 Å². The number of nitriles is 1. The summed E-state index contributed by atoms with van der Waals surface area (Å²) in [5, 5.41) is 8.51. The minimum atomic E-state index is -0.650. The van der Waals surface area contributed by atoms with Crippen molar-refractivity contribution in [1.82, 2.24) is 4.98 Å². The first-order valence-electron chi connectivity index (χ1n) is 2.91. The van der Waals surface area contributed by atoms with Gasteiger partial charge in [0.05, 0.1) is 18.2 Å². The zero-order chi connectivity index (χ0) is 8.27. The standard InChI is InChI=1S/C7H4ClFN2/c8-5-3-6(1-2-10)11-7(9)4-5/h3-4H,1H2. The highest BCUT2D eigenvalue weighted by Gasteiger charge is 1.99. The molecule has 0 aliphatic rings. The molecule has 0 saturated carbocycles. The van der Waals surface area contributed by atoms with Crippen LogP contribution in [0.15, 0.2) is 12.1 Å². The molecular formula is C7H4ClFN2. The Kier molecular flexibility index (Phi) is 2.40. The Bertz CT molecular complexity index is 286. The molecule has 1 aromatic heterocycles. The van der Waals surface area contributed by atoms with Gasteiger partial charge in [-0.1, -0.05) is 11.6 Å². The summed E-state index contributed by atoms with van der Waals surface area (Å²) in [5.41, 5.74) is 0.359. The van der Waals surface area contributed by atoms with Gasteiger partial charge in [-0.25, -0.2) is 4.98 Å². The van der Waals surface area contributed by atoms with Crippen molar-refractivity contribution in [3.8, 4) is 6.07 Å². The molecule has 0 aliphatic heterocycles. The first kappa shape index (κ1) is 7.96. The van der Waals surface area contributed by atoms with Gasteiger partial charge in [-0.3, -0.25) is 0 Å². The third kappa shape index (κ3) is 2.17. The van der Waals surface area contributed by atoms with E-state index in [1.807, 2.05) is 6.07 Å². The normalized spacial score (nSPS) is 9.18. The Morgan fingerprint density at radius 1 is 1.64 bits per heavy atom. The van der Waals surface area contributed by atoms with Gasteiger partial charge in [0.25, 0.3) is 0 Å². The molecule has 56 valence electrons. The van der Waals surface area contributed by atoms with Gasteiger partial charge in [0.15, 0.2) is 0 Å². The summed E-state index contributed by atoms with van der Waals surface area (Å²) in [6, 6.07) is 4.42. The molecule has 0 saturated heterocycles. The summed E-state index contributed by atoms with van der Waals surface area (Å²) in [5.74, 6) is -0.650.